The van der Waals surface area contributed by atoms with Crippen LogP contribution in [0.15, 0.2) is 47.4 Å². The van der Waals surface area contributed by atoms with Gasteiger partial charge in [0.25, 0.3) is 11.8 Å². The lowest BCUT2D eigenvalue weighted by molar-refractivity contribution is -0.118. The van der Waals surface area contributed by atoms with Gasteiger partial charge in [-0.3, -0.25) is 14.5 Å². The zero-order valence-corrected chi connectivity index (χ0v) is 16.6. The van der Waals surface area contributed by atoms with E-state index in [9.17, 15) is 9.59 Å². The molecule has 1 unspecified atom stereocenters. The number of hydrogen-bond donors (Lipinski definition) is 2. The topological polar surface area (TPSA) is 70.7 Å². The number of carbonyl (C=O) groups is 2. The molecule has 0 saturated carbocycles. The lowest BCUT2D eigenvalue weighted by atomic mass is 10.1. The number of thioether (sulfide) groups is 1. The van der Waals surface area contributed by atoms with Gasteiger partial charge in [-0.15, -0.1) is 0 Å². The SMILES string of the molecule is COc1cccc(CNC(=O)c2ccc3c(c2)NC(=O)C(N2CCCC2)S3)c1. The van der Waals surface area contributed by atoms with Gasteiger partial charge in [0.2, 0.25) is 0 Å². The number of hydrogen-bond acceptors (Lipinski definition) is 5. The maximum Gasteiger partial charge on any atom is 0.252 e. The van der Waals surface area contributed by atoms with E-state index in [0.717, 1.165) is 42.1 Å². The smallest absolute Gasteiger partial charge is 0.252 e. The van der Waals surface area contributed by atoms with Crippen molar-refractivity contribution in [1.29, 1.82) is 0 Å². The maximum atomic E-state index is 12.5. The van der Waals surface area contributed by atoms with Crippen LogP contribution in [0.3, 0.4) is 0 Å². The van der Waals surface area contributed by atoms with Crippen molar-refractivity contribution >= 4 is 29.3 Å². The summed E-state index contributed by atoms with van der Waals surface area (Å²) in [5.74, 6) is 0.577. The predicted octanol–water partition coefficient (Wildman–Crippen LogP) is 3.09. The van der Waals surface area contributed by atoms with E-state index in [4.69, 9.17) is 4.74 Å². The molecule has 28 heavy (non-hydrogen) atoms. The molecule has 2 aromatic carbocycles. The summed E-state index contributed by atoms with van der Waals surface area (Å²) in [6, 6.07) is 13.1. The predicted molar refractivity (Wildman–Crippen MR) is 110 cm³/mol. The Hall–Kier alpha value is -2.51. The molecule has 2 aromatic rings. The minimum Gasteiger partial charge on any atom is -0.497 e. The number of carbonyl (C=O) groups excluding carboxylic acids is 2. The average Bonchev–Trinajstić information content (AvgIpc) is 3.25. The van der Waals surface area contributed by atoms with Gasteiger partial charge in [0.1, 0.15) is 11.1 Å². The van der Waals surface area contributed by atoms with E-state index in [1.54, 1.807) is 24.9 Å². The Morgan fingerprint density at radius 1 is 1.25 bits per heavy atom. The van der Waals surface area contributed by atoms with Crippen LogP contribution >= 0.6 is 11.8 Å². The maximum absolute atomic E-state index is 12.5. The molecule has 4 rings (SSSR count). The first-order valence-corrected chi connectivity index (χ1v) is 10.3. The highest BCUT2D eigenvalue weighted by molar-refractivity contribution is 8.00. The average molecular weight is 398 g/mol. The van der Waals surface area contributed by atoms with Crippen molar-refractivity contribution in [1.82, 2.24) is 10.2 Å². The van der Waals surface area contributed by atoms with Crippen LogP contribution in [0.2, 0.25) is 0 Å². The molecule has 0 radical (unpaired) electrons. The molecule has 2 aliphatic heterocycles. The van der Waals surface area contributed by atoms with Gasteiger partial charge in [-0.2, -0.15) is 0 Å². The minimum absolute atomic E-state index is 0.00617. The Balaban J connectivity index is 1.43. The van der Waals surface area contributed by atoms with Crippen molar-refractivity contribution in [3.05, 3.63) is 53.6 Å². The Bertz CT molecular complexity index is 896. The highest BCUT2D eigenvalue weighted by Gasteiger charge is 2.33. The summed E-state index contributed by atoms with van der Waals surface area (Å²) in [6.45, 7) is 2.33. The van der Waals surface area contributed by atoms with Gasteiger partial charge in [0.05, 0.1) is 12.8 Å². The van der Waals surface area contributed by atoms with Gasteiger partial charge in [0.15, 0.2) is 0 Å². The fourth-order valence-corrected chi connectivity index (χ4v) is 4.67. The molecule has 2 amide bonds. The standard InChI is InChI=1S/C21H23N3O3S/c1-27-16-6-4-5-14(11-16)13-22-19(25)15-7-8-18-17(12-15)23-20(26)21(28-18)24-9-2-3-10-24/h4-8,11-12,21H,2-3,9-10,13H2,1H3,(H,22,25)(H,23,26). The van der Waals surface area contributed by atoms with Crippen molar-refractivity contribution in [2.75, 3.05) is 25.5 Å². The first-order chi connectivity index (χ1) is 13.6. The molecule has 1 atom stereocenters. The van der Waals surface area contributed by atoms with E-state index < -0.39 is 0 Å². The molecule has 0 spiro atoms. The lowest BCUT2D eigenvalue weighted by Gasteiger charge is -2.30. The van der Waals surface area contributed by atoms with Crippen LogP contribution in [0, 0.1) is 0 Å². The molecule has 2 aliphatic rings. The van der Waals surface area contributed by atoms with Crippen LogP contribution in [-0.2, 0) is 11.3 Å². The van der Waals surface area contributed by atoms with Gasteiger partial charge in [-0.1, -0.05) is 23.9 Å². The first-order valence-electron chi connectivity index (χ1n) is 9.41. The van der Waals surface area contributed by atoms with Gasteiger partial charge in [0, 0.05) is 17.0 Å². The van der Waals surface area contributed by atoms with Crippen LogP contribution in [-0.4, -0.2) is 42.3 Å². The normalized spacial score (nSPS) is 19.0. The molecule has 6 nitrogen and oxygen atoms in total. The Labute approximate surface area is 168 Å². The molecule has 146 valence electrons. The second-order valence-corrected chi connectivity index (χ2v) is 8.07. The minimum atomic E-state index is -0.178. The molecule has 0 aromatic heterocycles. The largest absolute Gasteiger partial charge is 0.497 e. The number of nitrogens with zero attached hydrogens (tertiary/aromatic N) is 1. The van der Waals surface area contributed by atoms with Crippen LogP contribution in [0.25, 0.3) is 0 Å². The van der Waals surface area contributed by atoms with E-state index >= 15 is 0 Å². The number of benzene rings is 2. The summed E-state index contributed by atoms with van der Waals surface area (Å²) >= 11 is 1.57. The third-order valence-electron chi connectivity index (χ3n) is 5.02. The molecular weight excluding hydrogens is 374 g/mol. The quantitative estimate of drug-likeness (QED) is 0.811. The fourth-order valence-electron chi connectivity index (χ4n) is 3.52. The molecule has 1 fully saturated rings. The van der Waals surface area contributed by atoms with Crippen molar-refractivity contribution in [2.45, 2.75) is 29.7 Å². The first kappa shape index (κ1) is 18.8. The zero-order chi connectivity index (χ0) is 19.5. The summed E-state index contributed by atoms with van der Waals surface area (Å²) in [6.07, 6.45) is 2.28. The number of fused-ring (bicyclic) bond motifs is 1. The Morgan fingerprint density at radius 3 is 2.86 bits per heavy atom. The van der Waals surface area contributed by atoms with Gasteiger partial charge in [-0.25, -0.2) is 0 Å². The summed E-state index contributed by atoms with van der Waals surface area (Å²) in [5, 5.41) is 5.71. The zero-order valence-electron chi connectivity index (χ0n) is 15.7. The number of amides is 2. The van der Waals surface area contributed by atoms with E-state index in [1.807, 2.05) is 36.4 Å². The number of nitrogens with one attached hydrogen (secondary N) is 2. The van der Waals surface area contributed by atoms with E-state index in [-0.39, 0.29) is 17.2 Å². The highest BCUT2D eigenvalue weighted by Crippen LogP contribution is 2.38. The summed E-state index contributed by atoms with van der Waals surface area (Å²) in [4.78, 5) is 28.3. The third-order valence-corrected chi connectivity index (χ3v) is 6.37. The number of methoxy groups -OCH3 is 1. The van der Waals surface area contributed by atoms with E-state index in [2.05, 4.69) is 15.5 Å². The van der Waals surface area contributed by atoms with Gasteiger partial charge >= 0.3 is 0 Å². The van der Waals surface area contributed by atoms with Crippen LogP contribution in [0.1, 0.15) is 28.8 Å². The summed E-state index contributed by atoms with van der Waals surface area (Å²) < 4.78 is 5.21. The lowest BCUT2D eigenvalue weighted by Crippen LogP contribution is -2.42. The second-order valence-electron chi connectivity index (χ2n) is 6.95. The summed E-state index contributed by atoms with van der Waals surface area (Å²) in [7, 11) is 1.62. The summed E-state index contributed by atoms with van der Waals surface area (Å²) in [5.41, 5.74) is 2.20. The second kappa shape index (κ2) is 8.24. The Morgan fingerprint density at radius 2 is 2.07 bits per heavy atom. The fraction of sp³-hybridized carbons (Fsp3) is 0.333. The number of rotatable bonds is 5. The molecule has 2 N–H and O–H groups in total. The van der Waals surface area contributed by atoms with E-state index in [1.165, 1.54) is 0 Å². The molecule has 0 aliphatic carbocycles. The molecular formula is C21H23N3O3S. The monoisotopic (exact) mass is 397 g/mol. The van der Waals surface area contributed by atoms with Crippen LogP contribution in [0.5, 0.6) is 5.75 Å². The van der Waals surface area contributed by atoms with Gasteiger partial charge in [-0.05, 0) is 61.8 Å². The highest BCUT2D eigenvalue weighted by atomic mass is 32.2. The van der Waals surface area contributed by atoms with E-state index in [0.29, 0.717) is 17.8 Å². The van der Waals surface area contributed by atoms with Gasteiger partial charge < -0.3 is 15.4 Å². The van der Waals surface area contributed by atoms with Crippen molar-refractivity contribution < 1.29 is 14.3 Å². The molecule has 0 bridgehead atoms. The number of anilines is 1. The van der Waals surface area contributed by atoms with Crippen molar-refractivity contribution in [2.24, 2.45) is 0 Å². The van der Waals surface area contributed by atoms with Crippen LogP contribution < -0.4 is 15.4 Å². The molecule has 2 heterocycles. The Kier molecular flexibility index (Phi) is 5.54. The molecule has 1 saturated heterocycles. The number of likely N-dealkylation sites (tertiary alicyclic amines) is 1. The number of ether oxygens (including phenoxy) is 1. The molecule has 7 heteroatoms. The third kappa shape index (κ3) is 4.00. The van der Waals surface area contributed by atoms with Crippen LogP contribution in [0.4, 0.5) is 5.69 Å². The van der Waals surface area contributed by atoms with Crippen molar-refractivity contribution in [3.63, 3.8) is 0 Å². The van der Waals surface area contributed by atoms with Crippen molar-refractivity contribution in [3.8, 4) is 5.75 Å².